The second-order valence-corrected chi connectivity index (χ2v) is 11.4. The Morgan fingerprint density at radius 2 is 1.90 bits per heavy atom. The van der Waals surface area contributed by atoms with E-state index in [9.17, 15) is 13.2 Å². The number of carbonyl (C=O) groups is 1. The van der Waals surface area contributed by atoms with Gasteiger partial charge in [-0.1, -0.05) is 48.9 Å². The molecule has 2 aliphatic rings. The molecule has 30 heavy (non-hydrogen) atoms. The number of rotatable bonds is 6. The van der Waals surface area contributed by atoms with Crippen LogP contribution in [0.2, 0.25) is 0 Å². The molecule has 9 heteroatoms. The Balaban J connectivity index is 1.48. The van der Waals surface area contributed by atoms with E-state index in [1.807, 2.05) is 47.7 Å². The minimum absolute atomic E-state index is 0.00874. The Morgan fingerprint density at radius 3 is 2.57 bits per heavy atom. The van der Waals surface area contributed by atoms with Crippen LogP contribution in [-0.4, -0.2) is 63.3 Å². The fourth-order valence-corrected chi connectivity index (χ4v) is 7.07. The third-order valence-electron chi connectivity index (χ3n) is 6.15. The molecule has 4 rings (SSSR count). The molecule has 2 heterocycles. The van der Waals surface area contributed by atoms with Crippen molar-refractivity contribution in [1.82, 2.24) is 19.7 Å². The van der Waals surface area contributed by atoms with Crippen LogP contribution in [-0.2, 0) is 21.7 Å². The lowest BCUT2D eigenvalue weighted by molar-refractivity contribution is -0.132. The lowest BCUT2D eigenvalue weighted by atomic mass is 10.1. The monoisotopic (exact) mass is 448 g/mol. The van der Waals surface area contributed by atoms with Crippen LogP contribution >= 0.6 is 11.8 Å². The van der Waals surface area contributed by atoms with E-state index in [4.69, 9.17) is 0 Å². The van der Waals surface area contributed by atoms with Crippen molar-refractivity contribution < 1.29 is 13.2 Å². The van der Waals surface area contributed by atoms with Gasteiger partial charge in [0.05, 0.1) is 17.3 Å². The van der Waals surface area contributed by atoms with Gasteiger partial charge in [-0.15, -0.1) is 10.2 Å². The van der Waals surface area contributed by atoms with Crippen LogP contribution in [0.1, 0.15) is 37.7 Å². The van der Waals surface area contributed by atoms with Crippen molar-refractivity contribution in [2.75, 3.05) is 17.3 Å². The average Bonchev–Trinajstić information content (AvgIpc) is 3.43. The number of carbonyl (C=O) groups excluding carboxylic acids is 1. The third kappa shape index (κ3) is 4.42. The topological polar surface area (TPSA) is 85.2 Å². The summed E-state index contributed by atoms with van der Waals surface area (Å²) in [7, 11) is -1.13. The second kappa shape index (κ2) is 8.70. The van der Waals surface area contributed by atoms with Gasteiger partial charge in [0.1, 0.15) is 0 Å². The largest absolute Gasteiger partial charge is 0.335 e. The quantitative estimate of drug-likeness (QED) is 0.632. The number of sulfone groups is 1. The molecule has 2 aromatic rings. The Bertz CT molecular complexity index is 1030. The summed E-state index contributed by atoms with van der Waals surface area (Å²) in [5, 5.41) is 9.31. The summed E-state index contributed by atoms with van der Waals surface area (Å²) in [6.45, 7) is 2.04. The van der Waals surface area contributed by atoms with Crippen molar-refractivity contribution in [1.29, 1.82) is 0 Å². The number of aromatic nitrogens is 3. The van der Waals surface area contributed by atoms with Gasteiger partial charge in [0.2, 0.25) is 5.91 Å². The zero-order chi connectivity index (χ0) is 21.3. The highest BCUT2D eigenvalue weighted by Crippen LogP contribution is 2.31. The van der Waals surface area contributed by atoms with E-state index in [1.165, 1.54) is 11.8 Å². The molecule has 1 aromatic carbocycles. The van der Waals surface area contributed by atoms with Crippen LogP contribution in [0.4, 0.5) is 0 Å². The van der Waals surface area contributed by atoms with Gasteiger partial charge in [-0.05, 0) is 31.7 Å². The Labute approximate surface area is 182 Å². The van der Waals surface area contributed by atoms with E-state index >= 15 is 0 Å². The SMILES string of the molecule is Cc1ccccc1-c1nnc(SCC(=O)N(C2CCCC2)C2CCS(=O)(=O)C2)n1C. The lowest BCUT2D eigenvalue weighted by Crippen LogP contribution is -2.47. The molecule has 2 fully saturated rings. The van der Waals surface area contributed by atoms with E-state index in [0.717, 1.165) is 42.6 Å². The summed E-state index contributed by atoms with van der Waals surface area (Å²) >= 11 is 1.37. The molecule has 0 spiro atoms. The molecule has 0 N–H and O–H groups in total. The molecule has 7 nitrogen and oxygen atoms in total. The maximum atomic E-state index is 13.2. The number of nitrogens with zero attached hydrogens (tertiary/aromatic N) is 4. The summed E-state index contributed by atoms with van der Waals surface area (Å²) < 4.78 is 25.9. The number of amides is 1. The highest BCUT2D eigenvalue weighted by atomic mass is 32.2. The molecule has 162 valence electrons. The minimum Gasteiger partial charge on any atom is -0.335 e. The van der Waals surface area contributed by atoms with Gasteiger partial charge in [0, 0.05) is 24.7 Å². The molecule has 1 amide bonds. The highest BCUT2D eigenvalue weighted by molar-refractivity contribution is 7.99. The maximum absolute atomic E-state index is 13.2. The van der Waals surface area contributed by atoms with E-state index in [-0.39, 0.29) is 35.2 Å². The molecule has 1 atom stereocenters. The summed E-state index contributed by atoms with van der Waals surface area (Å²) in [4.78, 5) is 15.1. The number of hydrogen-bond acceptors (Lipinski definition) is 6. The number of thioether (sulfide) groups is 1. The first-order chi connectivity index (χ1) is 14.4. The number of benzene rings is 1. The van der Waals surface area contributed by atoms with Gasteiger partial charge < -0.3 is 9.47 Å². The molecule has 1 aromatic heterocycles. The smallest absolute Gasteiger partial charge is 0.233 e. The van der Waals surface area contributed by atoms with Crippen LogP contribution in [0.25, 0.3) is 11.4 Å². The van der Waals surface area contributed by atoms with Crippen LogP contribution in [0.15, 0.2) is 29.4 Å². The van der Waals surface area contributed by atoms with Gasteiger partial charge in [-0.3, -0.25) is 4.79 Å². The van der Waals surface area contributed by atoms with Gasteiger partial charge in [0.15, 0.2) is 20.8 Å². The predicted molar refractivity (Wildman–Crippen MR) is 118 cm³/mol. The third-order valence-corrected chi connectivity index (χ3v) is 8.91. The van der Waals surface area contributed by atoms with Crippen molar-refractivity contribution in [2.45, 2.75) is 56.3 Å². The van der Waals surface area contributed by atoms with Crippen LogP contribution < -0.4 is 0 Å². The van der Waals surface area contributed by atoms with Crippen LogP contribution in [0.3, 0.4) is 0 Å². The number of aryl methyl sites for hydroxylation is 1. The van der Waals surface area contributed by atoms with E-state index in [0.29, 0.717) is 11.6 Å². The van der Waals surface area contributed by atoms with Gasteiger partial charge in [0.25, 0.3) is 0 Å². The molecule has 1 saturated carbocycles. The fraction of sp³-hybridized carbons (Fsp3) is 0.571. The summed E-state index contributed by atoms with van der Waals surface area (Å²) in [6, 6.07) is 8.00. The molecule has 0 radical (unpaired) electrons. The number of hydrogen-bond donors (Lipinski definition) is 0. The summed E-state index contributed by atoms with van der Waals surface area (Å²) in [6.07, 6.45) is 4.69. The fourth-order valence-electron chi connectivity index (χ4n) is 4.58. The molecule has 1 aliphatic carbocycles. The highest BCUT2D eigenvalue weighted by Gasteiger charge is 2.39. The van der Waals surface area contributed by atoms with Crippen molar-refractivity contribution in [2.24, 2.45) is 7.05 Å². The summed E-state index contributed by atoms with van der Waals surface area (Å²) in [5.74, 6) is 1.31. The Hall–Kier alpha value is -1.87. The minimum atomic E-state index is -3.04. The van der Waals surface area contributed by atoms with Gasteiger partial charge in [-0.2, -0.15) is 0 Å². The van der Waals surface area contributed by atoms with E-state index in [2.05, 4.69) is 10.2 Å². The predicted octanol–water partition coefficient (Wildman–Crippen LogP) is 2.84. The zero-order valence-electron chi connectivity index (χ0n) is 17.5. The van der Waals surface area contributed by atoms with Crippen LogP contribution in [0, 0.1) is 6.92 Å². The first-order valence-corrected chi connectivity index (χ1v) is 13.3. The van der Waals surface area contributed by atoms with Crippen molar-refractivity contribution >= 4 is 27.5 Å². The van der Waals surface area contributed by atoms with E-state index < -0.39 is 9.84 Å². The van der Waals surface area contributed by atoms with Crippen molar-refractivity contribution in [3.8, 4) is 11.4 Å². The van der Waals surface area contributed by atoms with E-state index in [1.54, 1.807) is 0 Å². The van der Waals surface area contributed by atoms with Crippen molar-refractivity contribution in [3.63, 3.8) is 0 Å². The lowest BCUT2D eigenvalue weighted by Gasteiger charge is -2.34. The standard InChI is InChI=1S/C21H28N4O3S2/c1-15-7-3-6-10-18(15)20-22-23-21(24(20)2)29-13-19(26)25(16-8-4-5-9-16)17-11-12-30(27,28)14-17/h3,6-7,10,16-17H,4-5,8-9,11-14H2,1-2H3. The average molecular weight is 449 g/mol. The molecule has 1 saturated heterocycles. The molecule has 1 aliphatic heterocycles. The second-order valence-electron chi connectivity index (χ2n) is 8.26. The first kappa shape index (κ1) is 21.4. The molecule has 0 bridgehead atoms. The summed E-state index contributed by atoms with van der Waals surface area (Å²) in [5.41, 5.74) is 2.14. The Morgan fingerprint density at radius 1 is 1.17 bits per heavy atom. The first-order valence-electron chi connectivity index (χ1n) is 10.5. The molecular weight excluding hydrogens is 420 g/mol. The Kier molecular flexibility index (Phi) is 6.20. The normalized spacial score (nSPS) is 21.2. The van der Waals surface area contributed by atoms with Gasteiger partial charge in [-0.25, -0.2) is 8.42 Å². The molecular formula is C21H28N4O3S2. The van der Waals surface area contributed by atoms with Crippen LogP contribution in [0.5, 0.6) is 0 Å². The maximum Gasteiger partial charge on any atom is 0.233 e. The van der Waals surface area contributed by atoms with Gasteiger partial charge >= 0.3 is 0 Å². The van der Waals surface area contributed by atoms with Crippen molar-refractivity contribution in [3.05, 3.63) is 29.8 Å². The molecule has 1 unspecified atom stereocenters. The zero-order valence-corrected chi connectivity index (χ0v) is 19.1.